The van der Waals surface area contributed by atoms with Crippen LogP contribution in [-0.2, 0) is 40.5 Å². The number of carboxylic acid groups (broad SMARTS) is 2. The lowest BCUT2D eigenvalue weighted by atomic mass is 9.52. The minimum Gasteiger partial charge on any atom is -0.504 e. The Balaban J connectivity index is 1.56. The zero-order valence-electron chi connectivity index (χ0n) is 20.7. The number of hydrogen-bond donors (Lipinski definition) is 6. The molecule has 0 amide bonds. The number of aliphatic carboxylic acids is 2. The van der Waals surface area contributed by atoms with Crippen LogP contribution in [0.3, 0.4) is 0 Å². The standard InChI is InChI=1S/C25H29NO12/c1-3-24-19-11-4-5-12(27)20(19)38-21(24)14(6-7-25(24,35)16(8-11)26-2)37-23(34)13(28)9-18(31)36-15(22(32)33)10-17(29)30/h4-6,13,15-16,21,26-28,35H,3,7-10H2,1-2H3,(H,29,30)(H,32,33)/t13-,15+,16+,21-,24-,25+/m0/s1. The average molecular weight is 536 g/mol. The second-order valence-corrected chi connectivity index (χ2v) is 9.61. The van der Waals surface area contributed by atoms with Crippen LogP contribution in [0.1, 0.15) is 43.7 Å². The van der Waals surface area contributed by atoms with E-state index in [0.717, 1.165) is 5.56 Å². The number of phenols is 1. The first-order chi connectivity index (χ1) is 17.9. The van der Waals surface area contributed by atoms with Crippen LogP contribution < -0.4 is 10.1 Å². The van der Waals surface area contributed by atoms with E-state index in [4.69, 9.17) is 19.7 Å². The quantitative estimate of drug-likeness (QED) is 0.213. The summed E-state index contributed by atoms with van der Waals surface area (Å²) < 4.78 is 16.1. The van der Waals surface area contributed by atoms with Crippen LogP contribution in [0, 0.1) is 0 Å². The maximum Gasteiger partial charge on any atom is 0.345 e. The molecule has 0 spiro atoms. The van der Waals surface area contributed by atoms with Gasteiger partial charge in [-0.05, 0) is 37.6 Å². The lowest BCUT2D eigenvalue weighted by molar-refractivity contribution is -0.171. The van der Waals surface area contributed by atoms with Crippen LogP contribution in [0.5, 0.6) is 11.5 Å². The van der Waals surface area contributed by atoms with Crippen molar-refractivity contribution in [1.82, 2.24) is 5.32 Å². The molecule has 1 aromatic carbocycles. The Labute approximate surface area is 216 Å². The minimum atomic E-state index is -2.06. The lowest BCUT2D eigenvalue weighted by Crippen LogP contribution is -2.70. The van der Waals surface area contributed by atoms with Gasteiger partial charge in [0.15, 0.2) is 23.7 Å². The summed E-state index contributed by atoms with van der Waals surface area (Å²) in [7, 11) is 1.73. The summed E-state index contributed by atoms with van der Waals surface area (Å²) in [6.45, 7) is 1.84. The van der Waals surface area contributed by atoms with Gasteiger partial charge >= 0.3 is 23.9 Å². The molecule has 0 saturated carbocycles. The molecule has 3 aliphatic rings. The smallest absolute Gasteiger partial charge is 0.345 e. The van der Waals surface area contributed by atoms with Gasteiger partial charge in [-0.25, -0.2) is 9.59 Å². The normalized spacial score (nSPS) is 28.3. The average Bonchev–Trinajstić information content (AvgIpc) is 3.23. The van der Waals surface area contributed by atoms with Crippen molar-refractivity contribution in [3.05, 3.63) is 35.1 Å². The van der Waals surface area contributed by atoms with E-state index < -0.39 is 72.1 Å². The van der Waals surface area contributed by atoms with Gasteiger partial charge in [0.1, 0.15) is 5.76 Å². The van der Waals surface area contributed by atoms with Gasteiger partial charge in [-0.1, -0.05) is 13.0 Å². The van der Waals surface area contributed by atoms with Gasteiger partial charge in [-0.15, -0.1) is 0 Å². The van der Waals surface area contributed by atoms with Gasteiger partial charge in [0, 0.05) is 18.0 Å². The first kappa shape index (κ1) is 27.4. The first-order valence-electron chi connectivity index (χ1n) is 12.0. The SMILES string of the molecule is CC[C@]12c3c4ccc(O)c3O[C@H]1C(OC(=O)[C@@H](O)CC(=O)O[C@H](CC(=O)O)C(=O)O)=CC[C@@]2(O)[C@H](NC)C4. The van der Waals surface area contributed by atoms with Gasteiger partial charge < -0.3 is 45.1 Å². The number of carboxylic acids is 2. The second kappa shape index (κ2) is 9.89. The highest BCUT2D eigenvalue weighted by molar-refractivity contribution is 5.85. The van der Waals surface area contributed by atoms with E-state index >= 15 is 0 Å². The number of phenolic OH excluding ortho intramolecular Hbond substituents is 1. The molecule has 206 valence electrons. The zero-order chi connectivity index (χ0) is 28.0. The molecule has 1 heterocycles. The summed E-state index contributed by atoms with van der Waals surface area (Å²) in [5.41, 5.74) is -0.997. The van der Waals surface area contributed by atoms with E-state index in [9.17, 15) is 34.5 Å². The fourth-order valence-corrected chi connectivity index (χ4v) is 5.95. The van der Waals surface area contributed by atoms with Crippen LogP contribution in [-0.4, -0.2) is 86.4 Å². The summed E-state index contributed by atoms with van der Waals surface area (Å²) in [6, 6.07) is 2.86. The number of likely N-dealkylation sites (N-methyl/N-ethyl adjacent to an activating group) is 1. The molecule has 1 aliphatic heterocycles. The van der Waals surface area contributed by atoms with E-state index in [1.54, 1.807) is 13.1 Å². The zero-order valence-corrected chi connectivity index (χ0v) is 20.7. The van der Waals surface area contributed by atoms with Crippen LogP contribution in [0.15, 0.2) is 24.0 Å². The third kappa shape index (κ3) is 4.16. The molecular weight excluding hydrogens is 506 g/mol. The molecule has 6 N–H and O–H groups in total. The van der Waals surface area contributed by atoms with Crippen LogP contribution in [0.2, 0.25) is 0 Å². The summed E-state index contributed by atoms with van der Waals surface area (Å²) in [6.07, 6.45) is -4.76. The van der Waals surface area contributed by atoms with Crippen molar-refractivity contribution in [2.24, 2.45) is 0 Å². The van der Waals surface area contributed by atoms with Gasteiger partial charge in [-0.3, -0.25) is 9.59 Å². The number of nitrogens with one attached hydrogen (secondary N) is 1. The Bertz CT molecular complexity index is 1210. The highest BCUT2D eigenvalue weighted by Gasteiger charge is 2.69. The van der Waals surface area contributed by atoms with Crippen molar-refractivity contribution < 1.29 is 58.9 Å². The number of hydrogen-bond acceptors (Lipinski definition) is 11. The number of rotatable bonds is 10. The van der Waals surface area contributed by atoms with Gasteiger partial charge in [0.25, 0.3) is 0 Å². The summed E-state index contributed by atoms with van der Waals surface area (Å²) >= 11 is 0. The molecule has 0 radical (unpaired) electrons. The Kier molecular flexibility index (Phi) is 7.12. The molecule has 13 nitrogen and oxygen atoms in total. The molecule has 4 rings (SSSR count). The number of esters is 2. The number of aromatic hydroxyl groups is 1. The van der Waals surface area contributed by atoms with E-state index in [2.05, 4.69) is 10.1 Å². The number of aliphatic hydroxyl groups is 2. The summed E-state index contributed by atoms with van der Waals surface area (Å²) in [4.78, 5) is 46.6. The Hall–Kier alpha value is -3.68. The van der Waals surface area contributed by atoms with E-state index in [1.165, 1.54) is 12.1 Å². The highest BCUT2D eigenvalue weighted by atomic mass is 16.6. The van der Waals surface area contributed by atoms with E-state index in [-0.39, 0.29) is 23.7 Å². The number of carbonyl (C=O) groups excluding carboxylic acids is 2. The lowest BCUT2D eigenvalue weighted by Gasteiger charge is -2.56. The first-order valence-corrected chi connectivity index (χ1v) is 12.0. The maximum absolute atomic E-state index is 12.7. The van der Waals surface area contributed by atoms with Crippen molar-refractivity contribution in [2.75, 3.05) is 7.05 Å². The Morgan fingerprint density at radius 1 is 1.21 bits per heavy atom. The van der Waals surface area contributed by atoms with Gasteiger partial charge in [-0.2, -0.15) is 0 Å². The molecular formula is C25H29NO12. The Morgan fingerprint density at radius 2 is 1.92 bits per heavy atom. The van der Waals surface area contributed by atoms with E-state index in [1.807, 2.05) is 6.92 Å². The van der Waals surface area contributed by atoms with Crippen molar-refractivity contribution in [3.63, 3.8) is 0 Å². The molecule has 1 aromatic rings. The molecule has 0 aromatic heterocycles. The molecule has 0 unspecified atom stereocenters. The number of ether oxygens (including phenoxy) is 3. The fraction of sp³-hybridized carbons (Fsp3) is 0.520. The van der Waals surface area contributed by atoms with Gasteiger partial charge in [0.2, 0.25) is 6.10 Å². The molecule has 13 heteroatoms. The van der Waals surface area contributed by atoms with Gasteiger partial charge in [0.05, 0.1) is 23.9 Å². The fourth-order valence-electron chi connectivity index (χ4n) is 5.95. The second-order valence-electron chi connectivity index (χ2n) is 9.61. The van der Waals surface area contributed by atoms with Crippen molar-refractivity contribution in [2.45, 2.75) is 74.4 Å². The van der Waals surface area contributed by atoms with Crippen molar-refractivity contribution in [3.8, 4) is 11.5 Å². The third-order valence-electron chi connectivity index (χ3n) is 7.66. The van der Waals surface area contributed by atoms with Crippen LogP contribution in [0.25, 0.3) is 0 Å². The topological polar surface area (TPSA) is 209 Å². The number of aliphatic hydroxyl groups excluding tert-OH is 1. The minimum absolute atomic E-state index is 0.0264. The molecule has 0 bridgehead atoms. The summed E-state index contributed by atoms with van der Waals surface area (Å²) in [5.74, 6) is -5.79. The molecule has 2 aliphatic carbocycles. The number of benzene rings is 1. The summed E-state index contributed by atoms with van der Waals surface area (Å²) in [5, 5.41) is 53.7. The molecule has 6 atom stereocenters. The molecule has 0 fully saturated rings. The van der Waals surface area contributed by atoms with Crippen molar-refractivity contribution >= 4 is 23.9 Å². The number of carbonyl (C=O) groups is 4. The predicted octanol–water partition coefficient (Wildman–Crippen LogP) is -0.271. The largest absolute Gasteiger partial charge is 0.504 e. The monoisotopic (exact) mass is 535 g/mol. The van der Waals surface area contributed by atoms with Crippen molar-refractivity contribution in [1.29, 1.82) is 0 Å². The highest BCUT2D eigenvalue weighted by Crippen LogP contribution is 2.63. The third-order valence-corrected chi connectivity index (χ3v) is 7.66. The predicted molar refractivity (Wildman–Crippen MR) is 125 cm³/mol. The van der Waals surface area contributed by atoms with E-state index in [0.29, 0.717) is 18.4 Å². The van der Waals surface area contributed by atoms with Crippen LogP contribution >= 0.6 is 0 Å². The Morgan fingerprint density at radius 3 is 2.53 bits per heavy atom. The molecule has 38 heavy (non-hydrogen) atoms. The van der Waals surface area contributed by atoms with Crippen LogP contribution in [0.4, 0.5) is 0 Å². The molecule has 0 saturated heterocycles. The maximum atomic E-state index is 12.7.